The molecule has 0 radical (unpaired) electrons. The number of nitrogens with one attached hydrogen (secondary N) is 1. The van der Waals surface area contributed by atoms with Gasteiger partial charge in [0.1, 0.15) is 4.38 Å². The number of thioether (sulfide) groups is 2. The van der Waals surface area contributed by atoms with Crippen molar-refractivity contribution < 1.29 is 4.79 Å². The highest BCUT2D eigenvalue weighted by Crippen LogP contribution is 2.26. The molecule has 1 N–H and O–H groups in total. The summed E-state index contributed by atoms with van der Waals surface area (Å²) in [4.78, 5) is 21.4. The Labute approximate surface area is 150 Å². The highest BCUT2D eigenvalue weighted by Gasteiger charge is 2.16. The molecule has 1 aromatic heterocycles. The van der Waals surface area contributed by atoms with Crippen LogP contribution in [0.15, 0.2) is 53.7 Å². The van der Waals surface area contributed by atoms with Crippen LogP contribution in [0.5, 0.6) is 0 Å². The van der Waals surface area contributed by atoms with E-state index in [0.29, 0.717) is 0 Å². The monoisotopic (exact) mass is 357 g/mol. The molecule has 2 aromatic rings. The number of hydrogen-bond acceptors (Lipinski definition) is 5. The maximum Gasteiger partial charge on any atom is 0.252 e. The van der Waals surface area contributed by atoms with Gasteiger partial charge in [0.15, 0.2) is 0 Å². The van der Waals surface area contributed by atoms with Gasteiger partial charge in [-0.1, -0.05) is 47.8 Å². The van der Waals surface area contributed by atoms with E-state index < -0.39 is 0 Å². The summed E-state index contributed by atoms with van der Waals surface area (Å²) in [5, 5.41) is 3.03. The lowest BCUT2D eigenvalue weighted by atomic mass is 10.1. The van der Waals surface area contributed by atoms with Gasteiger partial charge in [0.25, 0.3) is 5.91 Å². The molecule has 0 spiro atoms. The smallest absolute Gasteiger partial charge is 0.252 e. The number of hydrogen-bond donors (Lipinski definition) is 1. The fourth-order valence-corrected chi connectivity index (χ4v) is 4.40. The van der Waals surface area contributed by atoms with E-state index in [0.717, 1.165) is 39.2 Å². The van der Waals surface area contributed by atoms with Crippen molar-refractivity contribution in [3.8, 4) is 0 Å². The Bertz CT molecular complexity index is 734. The number of aromatic nitrogens is 1. The van der Waals surface area contributed by atoms with E-state index in [1.807, 2.05) is 49.4 Å². The Hall–Kier alpha value is -1.79. The fourth-order valence-electron chi connectivity index (χ4n) is 2.39. The second kappa shape index (κ2) is 8.35. The highest BCUT2D eigenvalue weighted by molar-refractivity contribution is 8.38. The first-order valence-electron chi connectivity index (χ1n) is 7.84. The van der Waals surface area contributed by atoms with Crippen molar-refractivity contribution in [1.82, 2.24) is 10.3 Å². The molecule has 0 fully saturated rings. The molecule has 0 aliphatic carbocycles. The Balaban J connectivity index is 1.68. The Morgan fingerprint density at radius 2 is 2.12 bits per heavy atom. The molecule has 1 aromatic carbocycles. The molecule has 0 bridgehead atoms. The normalized spacial score (nSPS) is 15.0. The minimum Gasteiger partial charge on any atom is -0.344 e. The number of nitrogens with zero attached hydrogens (tertiary/aromatic N) is 2. The third kappa shape index (κ3) is 4.39. The molecule has 1 unspecified atom stereocenters. The number of pyridine rings is 1. The van der Waals surface area contributed by atoms with Gasteiger partial charge in [-0.25, -0.2) is 0 Å². The number of aliphatic imine (C=N–C) groups is 1. The van der Waals surface area contributed by atoms with Crippen LogP contribution in [-0.4, -0.2) is 27.6 Å². The predicted octanol–water partition coefficient (Wildman–Crippen LogP) is 3.91. The second-order valence-corrected chi connectivity index (χ2v) is 7.70. The summed E-state index contributed by atoms with van der Waals surface area (Å²) >= 11 is 3.49. The van der Waals surface area contributed by atoms with Crippen molar-refractivity contribution in [3.05, 3.63) is 65.5 Å². The molecule has 1 aliphatic rings. The lowest BCUT2D eigenvalue weighted by Crippen LogP contribution is -2.28. The Morgan fingerprint density at radius 3 is 2.88 bits per heavy atom. The maximum atomic E-state index is 12.7. The number of rotatable bonds is 5. The Morgan fingerprint density at radius 1 is 1.29 bits per heavy atom. The van der Waals surface area contributed by atoms with Crippen LogP contribution >= 0.6 is 23.5 Å². The van der Waals surface area contributed by atoms with Gasteiger partial charge in [0.2, 0.25) is 0 Å². The summed E-state index contributed by atoms with van der Waals surface area (Å²) in [6.45, 7) is 2.85. The van der Waals surface area contributed by atoms with Crippen LogP contribution in [0.2, 0.25) is 0 Å². The molecule has 2 heterocycles. The van der Waals surface area contributed by atoms with E-state index in [4.69, 9.17) is 0 Å². The van der Waals surface area contributed by atoms with Crippen LogP contribution in [0.1, 0.15) is 34.6 Å². The molecule has 124 valence electrons. The molecule has 0 saturated carbocycles. The minimum absolute atomic E-state index is 0.0645. The van der Waals surface area contributed by atoms with Crippen molar-refractivity contribution >= 4 is 33.8 Å². The van der Waals surface area contributed by atoms with Crippen LogP contribution < -0.4 is 5.32 Å². The summed E-state index contributed by atoms with van der Waals surface area (Å²) in [5.74, 6) is 1.75. The SMILES string of the molecule is CC(NC(=O)c1ccccc1CSC1=NCCS1)c1ccccn1. The average molecular weight is 358 g/mol. The van der Waals surface area contributed by atoms with Crippen LogP contribution in [0.4, 0.5) is 0 Å². The summed E-state index contributed by atoms with van der Waals surface area (Å²) < 4.78 is 1.12. The third-order valence-corrected chi connectivity index (χ3v) is 5.95. The number of carbonyl (C=O) groups excluding carboxylic acids is 1. The first-order chi connectivity index (χ1) is 11.7. The average Bonchev–Trinajstić information content (AvgIpc) is 3.14. The van der Waals surface area contributed by atoms with Crippen LogP contribution in [0, 0.1) is 0 Å². The van der Waals surface area contributed by atoms with Gasteiger partial charge in [-0.3, -0.25) is 14.8 Å². The summed E-state index contributed by atoms with van der Waals surface area (Å²) in [6, 6.07) is 13.3. The van der Waals surface area contributed by atoms with Gasteiger partial charge in [-0.05, 0) is 30.7 Å². The van der Waals surface area contributed by atoms with E-state index in [1.165, 1.54) is 0 Å². The third-order valence-electron chi connectivity index (χ3n) is 3.65. The van der Waals surface area contributed by atoms with Crippen molar-refractivity contribution in [2.24, 2.45) is 4.99 Å². The Kier molecular flexibility index (Phi) is 5.93. The molecule has 1 atom stereocenters. The van der Waals surface area contributed by atoms with E-state index in [-0.39, 0.29) is 11.9 Å². The van der Waals surface area contributed by atoms with Crippen molar-refractivity contribution in [2.75, 3.05) is 12.3 Å². The first kappa shape index (κ1) is 17.0. The second-order valence-electron chi connectivity index (χ2n) is 5.39. The lowest BCUT2D eigenvalue weighted by molar-refractivity contribution is 0.0938. The van der Waals surface area contributed by atoms with Crippen molar-refractivity contribution in [2.45, 2.75) is 18.7 Å². The van der Waals surface area contributed by atoms with E-state index in [2.05, 4.69) is 15.3 Å². The lowest BCUT2D eigenvalue weighted by Gasteiger charge is -2.15. The van der Waals surface area contributed by atoms with Crippen LogP contribution in [0.25, 0.3) is 0 Å². The first-order valence-corrected chi connectivity index (χ1v) is 9.81. The van der Waals surface area contributed by atoms with Gasteiger partial charge in [0, 0.05) is 23.3 Å². The molecular weight excluding hydrogens is 338 g/mol. The van der Waals surface area contributed by atoms with Gasteiger partial charge in [-0.2, -0.15) is 0 Å². The molecule has 4 nitrogen and oxygen atoms in total. The fraction of sp³-hybridized carbons (Fsp3) is 0.278. The number of amides is 1. The van der Waals surface area contributed by atoms with Crippen LogP contribution in [0.3, 0.4) is 0 Å². The van der Waals surface area contributed by atoms with E-state index in [1.54, 1.807) is 29.7 Å². The summed E-state index contributed by atoms with van der Waals surface area (Å²) in [6.07, 6.45) is 1.74. The topological polar surface area (TPSA) is 54.4 Å². The van der Waals surface area contributed by atoms with Gasteiger partial charge in [0.05, 0.1) is 18.3 Å². The van der Waals surface area contributed by atoms with Crippen molar-refractivity contribution in [1.29, 1.82) is 0 Å². The molecule has 3 rings (SSSR count). The van der Waals surface area contributed by atoms with Crippen LogP contribution in [-0.2, 0) is 5.75 Å². The quantitative estimate of drug-likeness (QED) is 0.881. The molecule has 1 aliphatic heterocycles. The maximum absolute atomic E-state index is 12.7. The largest absolute Gasteiger partial charge is 0.344 e. The molecule has 0 saturated heterocycles. The van der Waals surface area contributed by atoms with E-state index >= 15 is 0 Å². The number of carbonyl (C=O) groups is 1. The zero-order valence-electron chi connectivity index (χ0n) is 13.4. The van der Waals surface area contributed by atoms with E-state index in [9.17, 15) is 4.79 Å². The molecule has 24 heavy (non-hydrogen) atoms. The summed E-state index contributed by atoms with van der Waals surface area (Å²) in [7, 11) is 0. The standard InChI is InChI=1S/C18H19N3OS2/c1-13(16-8-4-5-9-19-16)21-17(22)15-7-3-2-6-14(15)12-24-18-20-10-11-23-18/h2-9,13H,10-12H2,1H3,(H,21,22). The molecule has 6 heteroatoms. The predicted molar refractivity (Wildman–Crippen MR) is 103 cm³/mol. The highest BCUT2D eigenvalue weighted by atomic mass is 32.2. The molecular formula is C18H19N3OS2. The van der Waals surface area contributed by atoms with Gasteiger partial charge in [-0.15, -0.1) is 0 Å². The summed E-state index contributed by atoms with van der Waals surface area (Å²) in [5.41, 5.74) is 2.61. The van der Waals surface area contributed by atoms with Gasteiger partial charge < -0.3 is 5.32 Å². The van der Waals surface area contributed by atoms with Crippen molar-refractivity contribution in [3.63, 3.8) is 0 Å². The zero-order chi connectivity index (χ0) is 16.8. The number of benzene rings is 1. The zero-order valence-corrected chi connectivity index (χ0v) is 15.1. The molecule has 1 amide bonds. The van der Waals surface area contributed by atoms with Gasteiger partial charge >= 0.3 is 0 Å². The minimum atomic E-state index is -0.130.